The van der Waals surface area contributed by atoms with Gasteiger partial charge in [0.25, 0.3) is 5.91 Å². The fourth-order valence-electron chi connectivity index (χ4n) is 3.01. The number of hydrogen-bond acceptors (Lipinski definition) is 4. The van der Waals surface area contributed by atoms with Gasteiger partial charge in [-0.1, -0.05) is 26.0 Å². The molecule has 2 atom stereocenters. The van der Waals surface area contributed by atoms with Crippen LogP contribution in [-0.4, -0.2) is 42.8 Å². The minimum atomic E-state index is -1.04. The van der Waals surface area contributed by atoms with Gasteiger partial charge in [-0.3, -0.25) is 4.79 Å². The Morgan fingerprint density at radius 2 is 2.16 bits per heavy atom. The maximum atomic E-state index is 12.2. The van der Waals surface area contributed by atoms with Crippen LogP contribution in [0.1, 0.15) is 43.7 Å². The minimum Gasteiger partial charge on any atom is -0.483 e. The summed E-state index contributed by atoms with van der Waals surface area (Å²) in [7, 11) is 0. The Hall–Kier alpha value is -2.08. The second-order valence-corrected chi connectivity index (χ2v) is 6.85. The molecule has 0 bridgehead atoms. The van der Waals surface area contributed by atoms with Crippen molar-refractivity contribution in [2.45, 2.75) is 45.6 Å². The van der Waals surface area contributed by atoms with Gasteiger partial charge in [-0.05, 0) is 42.9 Å². The van der Waals surface area contributed by atoms with Gasteiger partial charge in [0.2, 0.25) is 0 Å². The first-order chi connectivity index (χ1) is 11.9. The van der Waals surface area contributed by atoms with E-state index in [-0.39, 0.29) is 18.4 Å². The number of carbonyl (C=O) groups is 2. The molecule has 1 amide bonds. The molecule has 1 aromatic carbocycles. The van der Waals surface area contributed by atoms with E-state index in [0.717, 1.165) is 24.0 Å². The first-order valence-corrected chi connectivity index (χ1v) is 8.71. The highest BCUT2D eigenvalue weighted by Crippen LogP contribution is 2.27. The molecule has 1 fully saturated rings. The normalized spacial score (nSPS) is 18.6. The van der Waals surface area contributed by atoms with Gasteiger partial charge in [-0.2, -0.15) is 0 Å². The lowest BCUT2D eigenvalue weighted by Crippen LogP contribution is -2.49. The first-order valence-electron chi connectivity index (χ1n) is 8.71. The molecule has 1 aromatic rings. The molecule has 1 aliphatic heterocycles. The predicted molar refractivity (Wildman–Crippen MR) is 93.9 cm³/mol. The van der Waals surface area contributed by atoms with Gasteiger partial charge in [-0.25, -0.2) is 4.79 Å². The molecule has 2 rings (SSSR count). The van der Waals surface area contributed by atoms with Crippen molar-refractivity contribution in [2.24, 2.45) is 5.92 Å². The van der Waals surface area contributed by atoms with Crippen molar-refractivity contribution in [2.75, 3.05) is 19.8 Å². The van der Waals surface area contributed by atoms with Gasteiger partial charge in [0.1, 0.15) is 11.8 Å². The van der Waals surface area contributed by atoms with E-state index in [9.17, 15) is 14.7 Å². The van der Waals surface area contributed by atoms with Crippen LogP contribution in [0.2, 0.25) is 0 Å². The maximum absolute atomic E-state index is 12.2. The second kappa shape index (κ2) is 8.85. The van der Waals surface area contributed by atoms with Crippen molar-refractivity contribution in [1.82, 2.24) is 5.32 Å². The average Bonchev–Trinajstić information content (AvgIpc) is 2.58. The zero-order chi connectivity index (χ0) is 18.4. The smallest absolute Gasteiger partial charge is 0.326 e. The fourth-order valence-corrected chi connectivity index (χ4v) is 3.01. The molecular formula is C19H27NO5. The maximum Gasteiger partial charge on any atom is 0.326 e. The van der Waals surface area contributed by atoms with E-state index in [1.165, 1.54) is 0 Å². The molecular weight excluding hydrogens is 322 g/mol. The van der Waals surface area contributed by atoms with Gasteiger partial charge in [0.05, 0.1) is 6.61 Å². The number of nitrogens with one attached hydrogen (secondary N) is 1. The average molecular weight is 349 g/mol. The van der Waals surface area contributed by atoms with E-state index in [4.69, 9.17) is 9.47 Å². The molecule has 2 unspecified atom stereocenters. The monoisotopic (exact) mass is 349 g/mol. The number of amides is 1. The lowest BCUT2D eigenvalue weighted by atomic mass is 9.93. The zero-order valence-corrected chi connectivity index (χ0v) is 15.1. The number of carboxylic acid groups (broad SMARTS) is 1. The van der Waals surface area contributed by atoms with Crippen molar-refractivity contribution in [3.63, 3.8) is 0 Å². The van der Waals surface area contributed by atoms with Gasteiger partial charge < -0.3 is 19.9 Å². The number of ether oxygens (including phenoxy) is 2. The number of aliphatic carboxylic acids is 1. The summed E-state index contributed by atoms with van der Waals surface area (Å²) in [5.74, 6) is -0.750. The van der Waals surface area contributed by atoms with Gasteiger partial charge in [-0.15, -0.1) is 0 Å². The summed E-state index contributed by atoms with van der Waals surface area (Å²) in [4.78, 5) is 23.7. The summed E-state index contributed by atoms with van der Waals surface area (Å²) in [6.07, 6.45) is 1.54. The largest absolute Gasteiger partial charge is 0.483 e. The van der Waals surface area contributed by atoms with Gasteiger partial charge in [0.15, 0.2) is 6.61 Å². The molecule has 0 spiro atoms. The Kier molecular flexibility index (Phi) is 6.82. The molecule has 6 nitrogen and oxygen atoms in total. The molecule has 1 aliphatic rings. The van der Waals surface area contributed by atoms with Crippen LogP contribution in [0.5, 0.6) is 5.75 Å². The van der Waals surface area contributed by atoms with E-state index in [0.29, 0.717) is 19.0 Å². The molecule has 1 saturated heterocycles. The summed E-state index contributed by atoms with van der Waals surface area (Å²) in [6, 6.07) is 4.95. The minimum absolute atomic E-state index is 0.208. The topological polar surface area (TPSA) is 84.9 Å². The highest BCUT2D eigenvalue weighted by molar-refractivity contribution is 5.84. The molecule has 25 heavy (non-hydrogen) atoms. The van der Waals surface area contributed by atoms with Crippen molar-refractivity contribution in [3.05, 3.63) is 29.3 Å². The SMILES string of the molecule is Cc1ccc(C(C)C)c(OCC(=O)NC(C(=O)O)C2CCCOC2)c1. The Balaban J connectivity index is 1.97. The lowest BCUT2D eigenvalue weighted by Gasteiger charge is -2.28. The summed E-state index contributed by atoms with van der Waals surface area (Å²) < 4.78 is 11.0. The van der Waals surface area contributed by atoms with Gasteiger partial charge >= 0.3 is 5.97 Å². The van der Waals surface area contributed by atoms with E-state index >= 15 is 0 Å². The number of benzene rings is 1. The molecule has 138 valence electrons. The summed E-state index contributed by atoms with van der Waals surface area (Å²) in [5, 5.41) is 12.0. The molecule has 2 N–H and O–H groups in total. The zero-order valence-electron chi connectivity index (χ0n) is 15.1. The van der Waals surface area contributed by atoms with Crippen LogP contribution in [0.3, 0.4) is 0 Å². The highest BCUT2D eigenvalue weighted by atomic mass is 16.5. The Morgan fingerprint density at radius 1 is 1.40 bits per heavy atom. The van der Waals surface area contributed by atoms with E-state index in [1.807, 2.05) is 25.1 Å². The van der Waals surface area contributed by atoms with Crippen LogP contribution in [0.25, 0.3) is 0 Å². The number of rotatable bonds is 7. The molecule has 6 heteroatoms. The second-order valence-electron chi connectivity index (χ2n) is 6.85. The van der Waals surface area contributed by atoms with Gasteiger partial charge in [0, 0.05) is 12.5 Å². The highest BCUT2D eigenvalue weighted by Gasteiger charge is 2.31. The Bertz CT molecular complexity index is 608. The predicted octanol–water partition coefficient (Wildman–Crippen LogP) is 2.49. The van der Waals surface area contributed by atoms with Crippen molar-refractivity contribution < 1.29 is 24.2 Å². The van der Waals surface area contributed by atoms with Crippen molar-refractivity contribution >= 4 is 11.9 Å². The fraction of sp³-hybridized carbons (Fsp3) is 0.579. The van der Waals surface area contributed by atoms with E-state index in [2.05, 4.69) is 19.2 Å². The quantitative estimate of drug-likeness (QED) is 0.790. The summed E-state index contributed by atoms with van der Waals surface area (Å²) in [6.45, 7) is 6.86. The van der Waals surface area contributed by atoms with Crippen LogP contribution in [-0.2, 0) is 14.3 Å². The Morgan fingerprint density at radius 3 is 2.76 bits per heavy atom. The van der Waals surface area contributed by atoms with Crippen LogP contribution < -0.4 is 10.1 Å². The number of carboxylic acids is 1. The number of carbonyl (C=O) groups excluding carboxylic acids is 1. The van der Waals surface area contributed by atoms with E-state index < -0.39 is 17.9 Å². The van der Waals surface area contributed by atoms with Crippen LogP contribution in [0.15, 0.2) is 18.2 Å². The van der Waals surface area contributed by atoms with E-state index in [1.54, 1.807) is 0 Å². The third-order valence-electron chi connectivity index (χ3n) is 4.40. The Labute approximate surface area is 148 Å². The van der Waals surface area contributed by atoms with Crippen molar-refractivity contribution in [1.29, 1.82) is 0 Å². The lowest BCUT2D eigenvalue weighted by molar-refractivity contribution is -0.145. The van der Waals surface area contributed by atoms with Crippen LogP contribution in [0.4, 0.5) is 0 Å². The third kappa shape index (κ3) is 5.46. The summed E-state index contributed by atoms with van der Waals surface area (Å²) in [5.41, 5.74) is 2.07. The molecule has 0 saturated carbocycles. The number of hydrogen-bond donors (Lipinski definition) is 2. The first kappa shape index (κ1) is 19.2. The molecule has 0 aromatic heterocycles. The van der Waals surface area contributed by atoms with Crippen LogP contribution in [0, 0.1) is 12.8 Å². The number of aryl methyl sites for hydroxylation is 1. The molecule has 1 heterocycles. The third-order valence-corrected chi connectivity index (χ3v) is 4.40. The van der Waals surface area contributed by atoms with Crippen molar-refractivity contribution in [3.8, 4) is 5.75 Å². The van der Waals surface area contributed by atoms with Crippen LogP contribution >= 0.6 is 0 Å². The molecule has 0 radical (unpaired) electrons. The summed E-state index contributed by atoms with van der Waals surface area (Å²) >= 11 is 0. The standard InChI is InChI=1S/C19H27NO5/c1-12(2)15-7-6-13(3)9-16(15)25-11-17(21)20-18(19(22)23)14-5-4-8-24-10-14/h6-7,9,12,14,18H,4-5,8,10-11H2,1-3H3,(H,20,21)(H,22,23). The molecule has 0 aliphatic carbocycles.